The van der Waals surface area contributed by atoms with E-state index in [1.807, 2.05) is 6.92 Å². The second-order valence-corrected chi connectivity index (χ2v) is 5.37. The molecule has 0 fully saturated rings. The number of amides is 1. The third kappa shape index (κ3) is 4.05. The lowest BCUT2D eigenvalue weighted by atomic mass is 9.89. The molecule has 20 heavy (non-hydrogen) atoms. The summed E-state index contributed by atoms with van der Waals surface area (Å²) in [4.78, 5) is 11.7. The molecule has 0 aromatic heterocycles. The third-order valence-corrected chi connectivity index (χ3v) is 3.75. The maximum atomic E-state index is 11.7. The molecule has 1 atom stereocenters. The summed E-state index contributed by atoms with van der Waals surface area (Å²) in [6.45, 7) is 2.94. The van der Waals surface area contributed by atoms with E-state index in [4.69, 9.17) is 10.5 Å². The van der Waals surface area contributed by atoms with E-state index in [-0.39, 0.29) is 18.6 Å². The van der Waals surface area contributed by atoms with Crippen molar-refractivity contribution in [2.75, 3.05) is 19.8 Å². The van der Waals surface area contributed by atoms with Gasteiger partial charge >= 0.3 is 0 Å². The number of carbonyl (C=O) groups excluding carboxylic acids is 1. The molecule has 0 radical (unpaired) electrons. The molecular weight excluding hydrogens is 252 g/mol. The van der Waals surface area contributed by atoms with E-state index in [0.717, 1.165) is 12.0 Å². The van der Waals surface area contributed by atoms with Crippen LogP contribution in [0.15, 0.2) is 18.2 Å². The Morgan fingerprint density at radius 3 is 2.85 bits per heavy atom. The van der Waals surface area contributed by atoms with E-state index in [1.165, 1.54) is 30.4 Å². The lowest BCUT2D eigenvalue weighted by Crippen LogP contribution is -2.31. The fourth-order valence-electron chi connectivity index (χ4n) is 2.64. The number of hydrogen-bond donors (Lipinski definition) is 2. The zero-order valence-corrected chi connectivity index (χ0v) is 12.2. The van der Waals surface area contributed by atoms with Gasteiger partial charge in [-0.15, -0.1) is 0 Å². The summed E-state index contributed by atoms with van der Waals surface area (Å²) in [7, 11) is 0. The van der Waals surface area contributed by atoms with Gasteiger partial charge in [-0.3, -0.25) is 4.79 Å². The van der Waals surface area contributed by atoms with Crippen LogP contribution >= 0.6 is 0 Å². The maximum absolute atomic E-state index is 11.7. The Kier molecular flexibility index (Phi) is 5.56. The van der Waals surface area contributed by atoms with Crippen LogP contribution in [-0.4, -0.2) is 25.7 Å². The maximum Gasteiger partial charge on any atom is 0.246 e. The van der Waals surface area contributed by atoms with Crippen molar-refractivity contribution < 1.29 is 9.53 Å². The molecule has 1 aromatic rings. The molecule has 0 bridgehead atoms. The summed E-state index contributed by atoms with van der Waals surface area (Å²) in [6.07, 6.45) is 4.90. The number of fused-ring (bicyclic) bond motifs is 1. The van der Waals surface area contributed by atoms with Crippen LogP contribution in [0, 0.1) is 0 Å². The number of hydrogen-bond acceptors (Lipinski definition) is 3. The quantitative estimate of drug-likeness (QED) is 0.778. The van der Waals surface area contributed by atoms with Crippen LogP contribution in [0.5, 0.6) is 0 Å². The summed E-state index contributed by atoms with van der Waals surface area (Å²) >= 11 is 0. The van der Waals surface area contributed by atoms with Gasteiger partial charge in [0.05, 0.1) is 12.6 Å². The second kappa shape index (κ2) is 7.41. The predicted octanol–water partition coefficient (Wildman–Crippen LogP) is 1.72. The van der Waals surface area contributed by atoms with E-state index >= 15 is 0 Å². The summed E-state index contributed by atoms with van der Waals surface area (Å²) in [5, 5.41) is 2.96. The normalized spacial score (nSPS) is 15.5. The Balaban J connectivity index is 1.91. The predicted molar refractivity (Wildman–Crippen MR) is 79.5 cm³/mol. The highest BCUT2D eigenvalue weighted by molar-refractivity contribution is 5.77. The number of benzene rings is 1. The summed E-state index contributed by atoms with van der Waals surface area (Å²) in [6, 6.07) is 6.57. The molecule has 1 amide bonds. The number of ether oxygens (including phenoxy) is 1. The highest BCUT2D eigenvalue weighted by Crippen LogP contribution is 2.24. The SMILES string of the molecule is CC(NC(=O)COCCN)c1ccc2c(c1)CCCC2. The van der Waals surface area contributed by atoms with Crippen LogP contribution < -0.4 is 11.1 Å². The van der Waals surface area contributed by atoms with Crippen molar-refractivity contribution >= 4 is 5.91 Å². The van der Waals surface area contributed by atoms with Crippen molar-refractivity contribution in [1.82, 2.24) is 5.32 Å². The lowest BCUT2D eigenvalue weighted by molar-refractivity contribution is -0.126. The standard InChI is InChI=1S/C16H24N2O2/c1-12(18-16(19)11-20-9-8-17)14-7-6-13-4-2-3-5-15(13)10-14/h6-7,10,12H,2-5,8-9,11,17H2,1H3,(H,18,19). The molecule has 2 rings (SSSR count). The Morgan fingerprint density at radius 2 is 2.10 bits per heavy atom. The van der Waals surface area contributed by atoms with Gasteiger partial charge in [-0.2, -0.15) is 0 Å². The molecule has 0 spiro atoms. The topological polar surface area (TPSA) is 64.3 Å². The first kappa shape index (κ1) is 15.0. The minimum Gasteiger partial charge on any atom is -0.370 e. The molecule has 0 heterocycles. The van der Waals surface area contributed by atoms with Gasteiger partial charge in [-0.05, 0) is 49.3 Å². The second-order valence-electron chi connectivity index (χ2n) is 5.37. The van der Waals surface area contributed by atoms with Gasteiger partial charge in [-0.1, -0.05) is 18.2 Å². The van der Waals surface area contributed by atoms with Crippen LogP contribution in [0.4, 0.5) is 0 Å². The average Bonchev–Trinajstić information content (AvgIpc) is 2.47. The molecule has 4 nitrogen and oxygen atoms in total. The molecule has 1 aromatic carbocycles. The summed E-state index contributed by atoms with van der Waals surface area (Å²) in [5.41, 5.74) is 9.38. The molecular formula is C16H24N2O2. The van der Waals surface area contributed by atoms with Crippen molar-refractivity contribution in [1.29, 1.82) is 0 Å². The highest BCUT2D eigenvalue weighted by atomic mass is 16.5. The molecule has 1 unspecified atom stereocenters. The van der Waals surface area contributed by atoms with Gasteiger partial charge in [0, 0.05) is 6.54 Å². The molecule has 0 aliphatic heterocycles. The van der Waals surface area contributed by atoms with Gasteiger partial charge in [0.2, 0.25) is 5.91 Å². The van der Waals surface area contributed by atoms with Crippen molar-refractivity contribution in [3.63, 3.8) is 0 Å². The zero-order chi connectivity index (χ0) is 14.4. The first-order valence-corrected chi connectivity index (χ1v) is 7.39. The number of nitrogens with one attached hydrogen (secondary N) is 1. The summed E-state index contributed by atoms with van der Waals surface area (Å²) < 4.78 is 5.13. The number of rotatable bonds is 6. The van der Waals surface area contributed by atoms with Gasteiger partial charge < -0.3 is 15.8 Å². The van der Waals surface area contributed by atoms with Gasteiger partial charge in [-0.25, -0.2) is 0 Å². The van der Waals surface area contributed by atoms with Crippen molar-refractivity contribution in [3.05, 3.63) is 34.9 Å². The van der Waals surface area contributed by atoms with Gasteiger partial charge in [0.25, 0.3) is 0 Å². The molecule has 0 saturated carbocycles. The molecule has 0 saturated heterocycles. The number of aryl methyl sites for hydroxylation is 2. The Hall–Kier alpha value is -1.39. The Bertz CT molecular complexity index is 460. The van der Waals surface area contributed by atoms with Gasteiger partial charge in [0.15, 0.2) is 0 Å². The molecule has 3 N–H and O–H groups in total. The fraction of sp³-hybridized carbons (Fsp3) is 0.562. The number of nitrogens with two attached hydrogens (primary N) is 1. The van der Waals surface area contributed by atoms with E-state index in [2.05, 4.69) is 23.5 Å². The van der Waals surface area contributed by atoms with Crippen LogP contribution in [0.25, 0.3) is 0 Å². The van der Waals surface area contributed by atoms with Crippen molar-refractivity contribution in [2.45, 2.75) is 38.6 Å². The zero-order valence-electron chi connectivity index (χ0n) is 12.2. The van der Waals surface area contributed by atoms with Crippen LogP contribution in [-0.2, 0) is 22.4 Å². The van der Waals surface area contributed by atoms with E-state index < -0.39 is 0 Å². The van der Waals surface area contributed by atoms with Crippen molar-refractivity contribution in [3.8, 4) is 0 Å². The van der Waals surface area contributed by atoms with E-state index in [0.29, 0.717) is 13.2 Å². The first-order valence-electron chi connectivity index (χ1n) is 7.39. The fourth-order valence-corrected chi connectivity index (χ4v) is 2.64. The van der Waals surface area contributed by atoms with Crippen LogP contribution in [0.1, 0.15) is 42.5 Å². The number of carbonyl (C=O) groups is 1. The van der Waals surface area contributed by atoms with Gasteiger partial charge in [0.1, 0.15) is 6.61 Å². The molecule has 4 heteroatoms. The van der Waals surface area contributed by atoms with Crippen LogP contribution in [0.2, 0.25) is 0 Å². The summed E-state index contributed by atoms with van der Waals surface area (Å²) in [5.74, 6) is -0.0938. The Labute approximate surface area is 120 Å². The van der Waals surface area contributed by atoms with E-state index in [9.17, 15) is 4.79 Å². The van der Waals surface area contributed by atoms with Crippen LogP contribution in [0.3, 0.4) is 0 Å². The molecule has 1 aliphatic carbocycles. The highest BCUT2D eigenvalue weighted by Gasteiger charge is 2.14. The monoisotopic (exact) mass is 276 g/mol. The van der Waals surface area contributed by atoms with E-state index in [1.54, 1.807) is 0 Å². The average molecular weight is 276 g/mol. The smallest absolute Gasteiger partial charge is 0.246 e. The largest absolute Gasteiger partial charge is 0.370 e. The minimum atomic E-state index is -0.0938. The molecule has 1 aliphatic rings. The third-order valence-electron chi connectivity index (χ3n) is 3.75. The lowest BCUT2D eigenvalue weighted by Gasteiger charge is -2.20. The van der Waals surface area contributed by atoms with Crippen molar-refractivity contribution in [2.24, 2.45) is 5.73 Å². The first-order chi connectivity index (χ1) is 9.70. The Morgan fingerprint density at radius 1 is 1.35 bits per heavy atom. The minimum absolute atomic E-state index is 0.0104. The molecule has 110 valence electrons.